The zero-order valence-electron chi connectivity index (χ0n) is 4.42. The highest BCUT2D eigenvalue weighted by Crippen LogP contribution is 2.09. The van der Waals surface area contributed by atoms with Crippen LogP contribution in [0.25, 0.3) is 0 Å². The number of hydrogen-bond acceptors (Lipinski definition) is 0. The lowest BCUT2D eigenvalue weighted by Gasteiger charge is -1.86. The van der Waals surface area contributed by atoms with E-state index in [4.69, 9.17) is 0 Å². The smallest absolute Gasteiger partial charge is 0.178 e. The minimum Gasteiger partial charge on any atom is -0.290 e. The third-order valence-corrected chi connectivity index (χ3v) is 0.898. The van der Waals surface area contributed by atoms with Crippen LogP contribution in [-0.4, -0.2) is 0 Å². The molecule has 1 rings (SSSR count). The molecule has 0 saturated carbocycles. The molecule has 0 aliphatic rings. The first-order valence-electron chi connectivity index (χ1n) is 2.38. The second-order valence-electron chi connectivity index (χ2n) is 1.65. The lowest BCUT2D eigenvalue weighted by atomic mass is 10.2. The fraction of sp³-hybridized carbons (Fsp3) is 0. The Labute approximate surface area is 48.6 Å². The summed E-state index contributed by atoms with van der Waals surface area (Å²) in [5.74, 6) is 0.0255. The summed E-state index contributed by atoms with van der Waals surface area (Å²) in [5.41, 5.74) is 0.775. The monoisotopic (exact) mass is 106 g/mol. The second kappa shape index (κ2) is 1.86. The van der Waals surface area contributed by atoms with Crippen molar-refractivity contribution in [3.8, 4) is 5.75 Å². The van der Waals surface area contributed by atoms with E-state index in [1.54, 1.807) is 12.1 Å². The normalized spacial score (nSPS) is 9.12. The minimum atomic E-state index is 0.0255. The second-order valence-corrected chi connectivity index (χ2v) is 1.65. The van der Waals surface area contributed by atoms with Crippen LogP contribution in [0.2, 0.25) is 0 Å². The molecule has 0 N–H and O–H groups in total. The van der Waals surface area contributed by atoms with E-state index in [-0.39, 0.29) is 5.75 Å². The van der Waals surface area contributed by atoms with Gasteiger partial charge in [-0.25, -0.2) is 0 Å². The third-order valence-electron chi connectivity index (χ3n) is 0.898. The maximum Gasteiger partial charge on any atom is 0.178 e. The van der Waals surface area contributed by atoms with Gasteiger partial charge in [0.05, 0.1) is 0 Å². The van der Waals surface area contributed by atoms with Gasteiger partial charge < -0.3 is 0 Å². The average molecular weight is 106 g/mol. The van der Waals surface area contributed by atoms with Crippen molar-refractivity contribution in [3.63, 3.8) is 0 Å². The molecule has 0 heterocycles. The number of benzene rings is 1. The van der Waals surface area contributed by atoms with Gasteiger partial charge in [-0.2, -0.15) is 0 Å². The SMILES string of the molecule is [CH2]c1cccc([O])c1. The van der Waals surface area contributed by atoms with Crippen LogP contribution in [0.1, 0.15) is 5.56 Å². The van der Waals surface area contributed by atoms with Crippen LogP contribution in [0, 0.1) is 6.92 Å². The molecule has 0 amide bonds. The van der Waals surface area contributed by atoms with Gasteiger partial charge in [0.2, 0.25) is 0 Å². The highest BCUT2D eigenvalue weighted by molar-refractivity contribution is 5.28. The molecule has 0 fully saturated rings. The van der Waals surface area contributed by atoms with E-state index >= 15 is 0 Å². The summed E-state index contributed by atoms with van der Waals surface area (Å²) >= 11 is 0. The fourth-order valence-corrected chi connectivity index (χ4v) is 0.545. The third kappa shape index (κ3) is 0.997. The van der Waals surface area contributed by atoms with Crippen LogP contribution in [0.4, 0.5) is 0 Å². The van der Waals surface area contributed by atoms with Crippen molar-refractivity contribution < 1.29 is 5.11 Å². The molecule has 40 valence electrons. The lowest BCUT2D eigenvalue weighted by molar-refractivity contribution is 0.355. The predicted molar refractivity (Wildman–Crippen MR) is 31.0 cm³/mol. The highest BCUT2D eigenvalue weighted by Gasteiger charge is 1.86. The summed E-state index contributed by atoms with van der Waals surface area (Å²) < 4.78 is 0. The summed E-state index contributed by atoms with van der Waals surface area (Å²) in [4.78, 5) is 0. The maximum absolute atomic E-state index is 10.5. The molecular weight excluding hydrogens is 100 g/mol. The van der Waals surface area contributed by atoms with E-state index in [0.29, 0.717) is 0 Å². The van der Waals surface area contributed by atoms with Crippen molar-refractivity contribution in [2.24, 2.45) is 0 Å². The van der Waals surface area contributed by atoms with E-state index in [9.17, 15) is 5.11 Å². The largest absolute Gasteiger partial charge is 0.290 e. The first kappa shape index (κ1) is 5.16. The Morgan fingerprint density at radius 3 is 2.50 bits per heavy atom. The van der Waals surface area contributed by atoms with Crippen molar-refractivity contribution in [1.82, 2.24) is 0 Å². The van der Waals surface area contributed by atoms with Crippen molar-refractivity contribution in [2.75, 3.05) is 0 Å². The molecule has 0 aromatic heterocycles. The molecule has 1 heteroatoms. The highest BCUT2D eigenvalue weighted by atomic mass is 16.3. The van der Waals surface area contributed by atoms with E-state index in [2.05, 4.69) is 6.92 Å². The van der Waals surface area contributed by atoms with Gasteiger partial charge in [0.25, 0.3) is 0 Å². The molecule has 0 atom stereocenters. The summed E-state index contributed by atoms with van der Waals surface area (Å²) in [6, 6.07) is 6.50. The maximum atomic E-state index is 10.5. The van der Waals surface area contributed by atoms with Gasteiger partial charge in [-0.1, -0.05) is 12.1 Å². The van der Waals surface area contributed by atoms with Gasteiger partial charge in [-0.05, 0) is 24.6 Å². The molecule has 0 aliphatic carbocycles. The molecule has 1 nitrogen and oxygen atoms in total. The Balaban J connectivity index is 3.08. The van der Waals surface area contributed by atoms with Gasteiger partial charge in [0.15, 0.2) is 5.75 Å². The minimum absolute atomic E-state index is 0.0255. The quantitative estimate of drug-likeness (QED) is 0.482. The molecule has 0 unspecified atom stereocenters. The predicted octanol–water partition coefficient (Wildman–Crippen LogP) is 2.01. The van der Waals surface area contributed by atoms with E-state index in [0.717, 1.165) is 5.56 Å². The van der Waals surface area contributed by atoms with Crippen LogP contribution in [-0.2, 0) is 5.11 Å². The first-order valence-corrected chi connectivity index (χ1v) is 2.38. The Morgan fingerprint density at radius 2 is 2.12 bits per heavy atom. The van der Waals surface area contributed by atoms with Gasteiger partial charge >= 0.3 is 0 Å². The zero-order valence-corrected chi connectivity index (χ0v) is 4.42. The van der Waals surface area contributed by atoms with E-state index in [1.165, 1.54) is 12.1 Å². The standard InChI is InChI=1S/C7H6O/c1-6-3-2-4-7(8)5-6/h2-5H,1H2. The molecule has 0 saturated heterocycles. The molecule has 0 bridgehead atoms. The van der Waals surface area contributed by atoms with E-state index < -0.39 is 0 Å². The van der Waals surface area contributed by atoms with Crippen LogP contribution < -0.4 is 0 Å². The summed E-state index contributed by atoms with van der Waals surface area (Å²) in [6.07, 6.45) is 0. The summed E-state index contributed by atoms with van der Waals surface area (Å²) in [7, 11) is 0. The van der Waals surface area contributed by atoms with Crippen LogP contribution >= 0.6 is 0 Å². The Hall–Kier alpha value is -0.980. The van der Waals surface area contributed by atoms with Crippen molar-refractivity contribution in [1.29, 1.82) is 0 Å². The Kier molecular flexibility index (Phi) is 1.20. The Morgan fingerprint density at radius 1 is 1.38 bits per heavy atom. The van der Waals surface area contributed by atoms with Gasteiger partial charge in [0.1, 0.15) is 0 Å². The summed E-state index contributed by atoms with van der Waals surface area (Å²) in [5, 5.41) is 10.5. The topological polar surface area (TPSA) is 19.9 Å². The van der Waals surface area contributed by atoms with Gasteiger partial charge in [-0.3, -0.25) is 5.11 Å². The van der Waals surface area contributed by atoms with E-state index in [1.807, 2.05) is 0 Å². The van der Waals surface area contributed by atoms with Gasteiger partial charge in [0, 0.05) is 0 Å². The van der Waals surface area contributed by atoms with Crippen LogP contribution in [0.15, 0.2) is 24.3 Å². The Bertz CT molecular complexity index is 164. The lowest BCUT2D eigenvalue weighted by Crippen LogP contribution is -1.65. The van der Waals surface area contributed by atoms with Crippen molar-refractivity contribution >= 4 is 0 Å². The average Bonchev–Trinajstić information content (AvgIpc) is 1.64. The number of hydrogen-bond donors (Lipinski definition) is 0. The molecule has 2 radical (unpaired) electrons. The van der Waals surface area contributed by atoms with Crippen molar-refractivity contribution in [3.05, 3.63) is 36.8 Å². The van der Waals surface area contributed by atoms with Crippen molar-refractivity contribution in [2.45, 2.75) is 0 Å². The molecular formula is C7H6O. The molecule has 1 aromatic carbocycles. The molecule has 1 aromatic rings. The summed E-state index contributed by atoms with van der Waals surface area (Å²) in [6.45, 7) is 3.58. The van der Waals surface area contributed by atoms with Crippen LogP contribution in [0.5, 0.6) is 5.75 Å². The zero-order chi connectivity index (χ0) is 5.98. The fourth-order valence-electron chi connectivity index (χ4n) is 0.545. The molecule has 8 heavy (non-hydrogen) atoms. The first-order chi connectivity index (χ1) is 3.79. The molecule has 0 aliphatic heterocycles. The van der Waals surface area contributed by atoms with Gasteiger partial charge in [-0.15, -0.1) is 0 Å². The molecule has 0 spiro atoms. The van der Waals surface area contributed by atoms with Crippen LogP contribution in [0.3, 0.4) is 0 Å². The number of rotatable bonds is 0.